The summed E-state index contributed by atoms with van der Waals surface area (Å²) in [7, 11) is 2.30. The average Bonchev–Trinajstić information content (AvgIpc) is 2.85. The molecule has 4 aliphatic rings. The molecule has 4 heteroatoms. The standard InChI is InChI=1S/C20H28N3O/c1-12-16-7-4-8-18-19(16)17(11-21-12)20(23(18)24)13-9-14-5-3-6-15(10-13)22(14)2/h4,7-8,12-15,17,20-21H,3,5-6,9-11H2,1-2H3/q+1. The summed E-state index contributed by atoms with van der Waals surface area (Å²) in [4.78, 5) is 15.8. The van der Waals surface area contributed by atoms with Crippen molar-refractivity contribution in [3.05, 3.63) is 34.2 Å². The highest BCUT2D eigenvalue weighted by Crippen LogP contribution is 2.50. The van der Waals surface area contributed by atoms with Gasteiger partial charge in [-0.25, -0.2) is 0 Å². The SMILES string of the molecule is CC1NCC2c3c1cccc3[N+](=O)C2C1CC2CCCC(C1)N2C. The van der Waals surface area contributed by atoms with Crippen LogP contribution in [0.15, 0.2) is 18.2 Å². The van der Waals surface area contributed by atoms with Crippen molar-refractivity contribution >= 4 is 5.69 Å². The Labute approximate surface area is 144 Å². The first-order chi connectivity index (χ1) is 11.6. The maximum absolute atomic E-state index is 13.2. The Morgan fingerprint density at radius 3 is 2.71 bits per heavy atom. The number of nitroso groups, excluding NO2 is 1. The number of nitrogens with zero attached hydrogens (tertiary/aromatic N) is 2. The number of benzene rings is 1. The molecule has 5 rings (SSSR count). The Hall–Kier alpha value is -1.26. The van der Waals surface area contributed by atoms with Gasteiger partial charge in [-0.05, 0) is 45.2 Å². The van der Waals surface area contributed by atoms with Crippen molar-refractivity contribution in [2.75, 3.05) is 13.6 Å². The molecule has 0 aliphatic carbocycles. The first kappa shape index (κ1) is 15.0. The lowest BCUT2D eigenvalue weighted by atomic mass is 9.72. The highest BCUT2D eigenvalue weighted by atomic mass is 16.3. The quantitative estimate of drug-likeness (QED) is 0.803. The van der Waals surface area contributed by atoms with Crippen molar-refractivity contribution in [2.24, 2.45) is 5.92 Å². The van der Waals surface area contributed by atoms with Gasteiger partial charge in [-0.3, -0.25) is 0 Å². The van der Waals surface area contributed by atoms with Crippen LogP contribution in [0.3, 0.4) is 0 Å². The Kier molecular flexibility index (Phi) is 3.36. The fourth-order valence-corrected chi connectivity index (χ4v) is 6.13. The molecule has 0 amide bonds. The molecule has 1 aromatic rings. The van der Waals surface area contributed by atoms with Gasteiger partial charge in [0.2, 0.25) is 6.04 Å². The summed E-state index contributed by atoms with van der Waals surface area (Å²) < 4.78 is 1.40. The third-order valence-electron chi connectivity index (χ3n) is 7.38. The molecule has 4 nitrogen and oxygen atoms in total. The van der Waals surface area contributed by atoms with Gasteiger partial charge in [0.1, 0.15) is 0 Å². The third kappa shape index (κ3) is 1.99. The molecule has 2 bridgehead atoms. The molecule has 1 aromatic carbocycles. The van der Waals surface area contributed by atoms with E-state index in [1.54, 1.807) is 0 Å². The second-order valence-corrected chi connectivity index (χ2v) is 8.47. The topological polar surface area (TPSA) is 35.4 Å². The van der Waals surface area contributed by atoms with Crippen molar-refractivity contribution in [1.29, 1.82) is 0 Å². The van der Waals surface area contributed by atoms with E-state index in [1.807, 2.05) is 6.07 Å². The van der Waals surface area contributed by atoms with Gasteiger partial charge in [0.25, 0.3) is 5.69 Å². The molecule has 5 atom stereocenters. The van der Waals surface area contributed by atoms with Gasteiger partial charge in [0.15, 0.2) is 0 Å². The zero-order valence-electron chi connectivity index (χ0n) is 14.7. The summed E-state index contributed by atoms with van der Waals surface area (Å²) in [5.41, 5.74) is 3.66. The molecule has 2 saturated heterocycles. The number of rotatable bonds is 1. The maximum atomic E-state index is 13.2. The maximum Gasteiger partial charge on any atom is 0.260 e. The first-order valence-corrected chi connectivity index (χ1v) is 9.69. The van der Waals surface area contributed by atoms with E-state index in [0.717, 1.165) is 12.2 Å². The van der Waals surface area contributed by atoms with Gasteiger partial charge in [0.05, 0.1) is 5.92 Å². The molecule has 2 fully saturated rings. The van der Waals surface area contributed by atoms with Crippen LogP contribution in [0.2, 0.25) is 0 Å². The number of hydrogen-bond donors (Lipinski definition) is 1. The Balaban J connectivity index is 1.51. The molecule has 0 saturated carbocycles. The Morgan fingerprint density at radius 1 is 1.21 bits per heavy atom. The van der Waals surface area contributed by atoms with Gasteiger partial charge < -0.3 is 10.2 Å². The van der Waals surface area contributed by atoms with Crippen LogP contribution in [0.1, 0.15) is 62.1 Å². The predicted octanol–water partition coefficient (Wildman–Crippen LogP) is 3.49. The lowest BCUT2D eigenvalue weighted by Gasteiger charge is -2.47. The van der Waals surface area contributed by atoms with E-state index >= 15 is 0 Å². The molecule has 128 valence electrons. The summed E-state index contributed by atoms with van der Waals surface area (Å²) in [5.74, 6) is 0.911. The van der Waals surface area contributed by atoms with E-state index in [1.165, 1.54) is 48.0 Å². The number of hydrogen-bond acceptors (Lipinski definition) is 3. The zero-order valence-corrected chi connectivity index (χ0v) is 14.7. The number of fused-ring (bicyclic) bond motifs is 2. The minimum Gasteiger partial charge on any atom is -0.309 e. The molecule has 4 heterocycles. The Morgan fingerprint density at radius 2 is 1.96 bits per heavy atom. The van der Waals surface area contributed by atoms with Crippen LogP contribution in [-0.2, 0) is 0 Å². The van der Waals surface area contributed by atoms with Crippen LogP contribution < -0.4 is 5.32 Å². The van der Waals surface area contributed by atoms with Gasteiger partial charge in [-0.2, -0.15) is 0 Å². The van der Waals surface area contributed by atoms with Crippen molar-refractivity contribution in [3.63, 3.8) is 0 Å². The molecular formula is C20H28N3O+. The van der Waals surface area contributed by atoms with Crippen LogP contribution in [-0.4, -0.2) is 41.4 Å². The summed E-state index contributed by atoms with van der Waals surface area (Å²) in [5, 5.41) is 3.65. The minimum absolute atomic E-state index is 0.137. The van der Waals surface area contributed by atoms with E-state index in [4.69, 9.17) is 0 Å². The lowest BCUT2D eigenvalue weighted by molar-refractivity contribution is -0.511. The zero-order chi connectivity index (χ0) is 16.4. The van der Waals surface area contributed by atoms with E-state index in [2.05, 4.69) is 36.3 Å². The fraction of sp³-hybridized carbons (Fsp3) is 0.700. The van der Waals surface area contributed by atoms with Crippen molar-refractivity contribution < 1.29 is 4.76 Å². The molecule has 0 spiro atoms. The molecule has 0 radical (unpaired) electrons. The summed E-state index contributed by atoms with van der Waals surface area (Å²) in [6.07, 6.45) is 6.39. The van der Waals surface area contributed by atoms with E-state index in [-0.39, 0.29) is 6.04 Å². The minimum atomic E-state index is 0.137. The van der Waals surface area contributed by atoms with Crippen LogP contribution in [0.4, 0.5) is 5.69 Å². The van der Waals surface area contributed by atoms with E-state index in [0.29, 0.717) is 30.0 Å². The van der Waals surface area contributed by atoms with Gasteiger partial charge in [0, 0.05) is 51.9 Å². The number of piperidine rings is 2. The van der Waals surface area contributed by atoms with E-state index < -0.39 is 0 Å². The monoisotopic (exact) mass is 326 g/mol. The third-order valence-corrected chi connectivity index (χ3v) is 7.38. The van der Waals surface area contributed by atoms with Crippen molar-refractivity contribution in [2.45, 2.75) is 69.1 Å². The number of nitrogens with one attached hydrogen (secondary N) is 1. The van der Waals surface area contributed by atoms with Crippen LogP contribution in [0.25, 0.3) is 0 Å². The normalized spacial score (nSPS) is 41.3. The summed E-state index contributed by atoms with van der Waals surface area (Å²) in [6.45, 7) is 3.17. The molecule has 1 N–H and O–H groups in total. The van der Waals surface area contributed by atoms with Gasteiger partial charge in [-0.15, -0.1) is 0 Å². The van der Waals surface area contributed by atoms with Crippen LogP contribution in [0.5, 0.6) is 0 Å². The van der Waals surface area contributed by atoms with Crippen LogP contribution in [0, 0.1) is 10.8 Å². The molecule has 5 unspecified atom stereocenters. The lowest BCUT2D eigenvalue weighted by Crippen LogP contribution is -2.53. The fourth-order valence-electron chi connectivity index (χ4n) is 6.13. The highest BCUT2D eigenvalue weighted by molar-refractivity contribution is 5.53. The molecule has 24 heavy (non-hydrogen) atoms. The van der Waals surface area contributed by atoms with Crippen molar-refractivity contribution in [3.8, 4) is 0 Å². The van der Waals surface area contributed by atoms with Crippen LogP contribution >= 0.6 is 0 Å². The first-order valence-electron chi connectivity index (χ1n) is 9.69. The predicted molar refractivity (Wildman–Crippen MR) is 94.6 cm³/mol. The molecule has 0 aromatic heterocycles. The average molecular weight is 326 g/mol. The second-order valence-electron chi connectivity index (χ2n) is 8.47. The van der Waals surface area contributed by atoms with Crippen molar-refractivity contribution in [1.82, 2.24) is 10.2 Å². The Bertz CT molecular complexity index is 673. The van der Waals surface area contributed by atoms with Gasteiger partial charge in [-0.1, -0.05) is 18.6 Å². The van der Waals surface area contributed by atoms with E-state index in [9.17, 15) is 4.91 Å². The molecular weight excluding hydrogens is 298 g/mol. The summed E-state index contributed by atoms with van der Waals surface area (Å²) >= 11 is 0. The second kappa shape index (κ2) is 5.37. The van der Waals surface area contributed by atoms with Gasteiger partial charge >= 0.3 is 0 Å². The highest BCUT2D eigenvalue weighted by Gasteiger charge is 2.56. The largest absolute Gasteiger partial charge is 0.309 e. The molecule has 4 aliphatic heterocycles. The smallest absolute Gasteiger partial charge is 0.260 e. The summed E-state index contributed by atoms with van der Waals surface area (Å²) in [6, 6.07) is 8.20.